The van der Waals surface area contributed by atoms with Crippen LogP contribution in [0.15, 0.2) is 30.5 Å². The van der Waals surface area contributed by atoms with Crippen molar-refractivity contribution in [3.05, 3.63) is 45.6 Å². The Labute approximate surface area is 119 Å². The SMILES string of the molecule is COc1ccc(OCCn2cc(Cl)c([N+](=O)[O-])n2)cc1. The first-order chi connectivity index (χ1) is 9.60. The maximum absolute atomic E-state index is 10.6. The van der Waals surface area contributed by atoms with Gasteiger partial charge in [0.15, 0.2) is 5.02 Å². The number of hydrogen-bond acceptors (Lipinski definition) is 5. The van der Waals surface area contributed by atoms with Crippen LogP contribution in [0.4, 0.5) is 5.82 Å². The summed E-state index contributed by atoms with van der Waals surface area (Å²) in [6, 6.07) is 7.12. The summed E-state index contributed by atoms with van der Waals surface area (Å²) in [6.07, 6.45) is 1.40. The molecule has 1 heterocycles. The molecule has 2 aromatic rings. The third-order valence-corrected chi connectivity index (χ3v) is 2.79. The molecule has 0 aliphatic heterocycles. The molecule has 0 amide bonds. The highest BCUT2D eigenvalue weighted by Gasteiger charge is 2.18. The van der Waals surface area contributed by atoms with Gasteiger partial charge in [-0.15, -0.1) is 0 Å². The number of nitro groups is 1. The zero-order valence-corrected chi connectivity index (χ0v) is 11.4. The largest absolute Gasteiger partial charge is 0.497 e. The lowest BCUT2D eigenvalue weighted by molar-refractivity contribution is -0.389. The van der Waals surface area contributed by atoms with Crippen molar-refractivity contribution in [1.82, 2.24) is 9.78 Å². The standard InChI is InChI=1S/C12H12ClN3O4/c1-19-9-2-4-10(5-3-9)20-7-6-15-8-11(13)12(14-15)16(17)18/h2-5,8H,6-7H2,1H3. The van der Waals surface area contributed by atoms with Crippen molar-refractivity contribution >= 4 is 17.4 Å². The van der Waals surface area contributed by atoms with Crippen molar-refractivity contribution in [3.8, 4) is 11.5 Å². The molecule has 1 aromatic carbocycles. The highest BCUT2D eigenvalue weighted by atomic mass is 35.5. The molecular formula is C12H12ClN3O4. The zero-order chi connectivity index (χ0) is 14.5. The summed E-state index contributed by atoms with van der Waals surface area (Å²) >= 11 is 5.69. The molecule has 0 bridgehead atoms. The van der Waals surface area contributed by atoms with Gasteiger partial charge < -0.3 is 19.6 Å². The van der Waals surface area contributed by atoms with Crippen molar-refractivity contribution < 1.29 is 14.4 Å². The predicted octanol–water partition coefficient (Wildman–Crippen LogP) is 2.53. The summed E-state index contributed by atoms with van der Waals surface area (Å²) in [7, 11) is 1.59. The van der Waals surface area contributed by atoms with Crippen LogP contribution >= 0.6 is 11.6 Å². The first-order valence-corrected chi connectivity index (χ1v) is 6.12. The van der Waals surface area contributed by atoms with Crippen LogP contribution in [0.3, 0.4) is 0 Å². The van der Waals surface area contributed by atoms with Crippen LogP contribution in [0.5, 0.6) is 11.5 Å². The van der Waals surface area contributed by atoms with Gasteiger partial charge in [0.25, 0.3) is 0 Å². The van der Waals surface area contributed by atoms with Crippen LogP contribution in [-0.2, 0) is 6.54 Å². The fraction of sp³-hybridized carbons (Fsp3) is 0.250. The van der Waals surface area contributed by atoms with Gasteiger partial charge in [0.1, 0.15) is 18.1 Å². The number of nitrogens with zero attached hydrogens (tertiary/aromatic N) is 3. The Bertz CT molecular complexity index is 597. The molecule has 0 spiro atoms. The van der Waals surface area contributed by atoms with Crippen LogP contribution < -0.4 is 9.47 Å². The van der Waals surface area contributed by atoms with Gasteiger partial charge in [0.05, 0.1) is 25.0 Å². The summed E-state index contributed by atoms with van der Waals surface area (Å²) in [5.41, 5.74) is 0. The average Bonchev–Trinajstić information content (AvgIpc) is 2.81. The van der Waals surface area contributed by atoms with Crippen molar-refractivity contribution in [3.63, 3.8) is 0 Å². The Morgan fingerprint density at radius 2 is 2.00 bits per heavy atom. The Morgan fingerprint density at radius 1 is 1.35 bits per heavy atom. The summed E-state index contributed by atoms with van der Waals surface area (Å²) < 4.78 is 11.9. The smallest absolute Gasteiger partial charge is 0.408 e. The summed E-state index contributed by atoms with van der Waals surface area (Å²) in [4.78, 5) is 9.97. The second-order valence-electron chi connectivity index (χ2n) is 3.84. The number of methoxy groups -OCH3 is 1. The second-order valence-corrected chi connectivity index (χ2v) is 4.25. The van der Waals surface area contributed by atoms with E-state index in [9.17, 15) is 10.1 Å². The molecular weight excluding hydrogens is 286 g/mol. The van der Waals surface area contributed by atoms with Crippen LogP contribution in [0.2, 0.25) is 5.02 Å². The van der Waals surface area contributed by atoms with Gasteiger partial charge >= 0.3 is 5.82 Å². The maximum atomic E-state index is 10.6. The first kappa shape index (κ1) is 14.1. The number of ether oxygens (including phenoxy) is 2. The van der Waals surface area contributed by atoms with Gasteiger partial charge in [-0.1, -0.05) is 11.6 Å². The number of hydrogen-bond donors (Lipinski definition) is 0. The molecule has 106 valence electrons. The summed E-state index contributed by atoms with van der Waals surface area (Å²) in [6.45, 7) is 0.682. The van der Waals surface area contributed by atoms with E-state index in [2.05, 4.69) is 5.10 Å². The van der Waals surface area contributed by atoms with Gasteiger partial charge in [0.2, 0.25) is 0 Å². The minimum Gasteiger partial charge on any atom is -0.497 e. The number of rotatable bonds is 6. The fourth-order valence-electron chi connectivity index (χ4n) is 1.55. The minimum absolute atomic E-state index is 0.0134. The van der Waals surface area contributed by atoms with E-state index in [0.29, 0.717) is 18.9 Å². The molecule has 0 radical (unpaired) electrons. The van der Waals surface area contributed by atoms with E-state index < -0.39 is 4.92 Å². The Morgan fingerprint density at radius 3 is 2.55 bits per heavy atom. The Balaban J connectivity index is 1.89. The van der Waals surface area contributed by atoms with Gasteiger partial charge in [-0.05, 0) is 29.2 Å². The Hall–Kier alpha value is -2.28. The molecule has 0 saturated heterocycles. The molecule has 2 rings (SSSR count). The van der Waals surface area contributed by atoms with Gasteiger partial charge in [-0.25, -0.2) is 0 Å². The Kier molecular flexibility index (Phi) is 4.41. The van der Waals surface area contributed by atoms with Gasteiger partial charge in [0, 0.05) is 0 Å². The molecule has 0 aliphatic carbocycles. The lowest BCUT2D eigenvalue weighted by Gasteiger charge is -2.05. The average molecular weight is 298 g/mol. The van der Waals surface area contributed by atoms with Crippen LogP contribution in [0, 0.1) is 10.1 Å². The number of halogens is 1. The molecule has 0 saturated carbocycles. The molecule has 20 heavy (non-hydrogen) atoms. The van der Waals surface area contributed by atoms with Crippen molar-refractivity contribution in [2.75, 3.05) is 13.7 Å². The van der Waals surface area contributed by atoms with E-state index in [1.165, 1.54) is 10.9 Å². The van der Waals surface area contributed by atoms with Crippen molar-refractivity contribution in [2.45, 2.75) is 6.54 Å². The van der Waals surface area contributed by atoms with Gasteiger partial charge in [-0.3, -0.25) is 0 Å². The lowest BCUT2D eigenvalue weighted by Crippen LogP contribution is -2.08. The van der Waals surface area contributed by atoms with Crippen molar-refractivity contribution in [2.24, 2.45) is 0 Å². The molecule has 0 atom stereocenters. The zero-order valence-electron chi connectivity index (χ0n) is 10.7. The molecule has 8 heteroatoms. The molecule has 1 aromatic heterocycles. The lowest BCUT2D eigenvalue weighted by atomic mass is 10.3. The first-order valence-electron chi connectivity index (χ1n) is 5.74. The van der Waals surface area contributed by atoms with E-state index in [1.807, 2.05) is 0 Å². The number of benzene rings is 1. The summed E-state index contributed by atoms with van der Waals surface area (Å²) in [5.74, 6) is 1.07. The molecule has 0 N–H and O–H groups in total. The topological polar surface area (TPSA) is 79.4 Å². The number of aromatic nitrogens is 2. The quantitative estimate of drug-likeness (QED) is 0.604. The minimum atomic E-state index is -0.622. The predicted molar refractivity (Wildman–Crippen MR) is 72.4 cm³/mol. The second kappa shape index (κ2) is 6.25. The summed E-state index contributed by atoms with van der Waals surface area (Å²) in [5, 5.41) is 14.4. The molecule has 0 unspecified atom stereocenters. The molecule has 7 nitrogen and oxygen atoms in total. The van der Waals surface area contributed by atoms with E-state index >= 15 is 0 Å². The monoisotopic (exact) mass is 297 g/mol. The third kappa shape index (κ3) is 3.39. The molecule has 0 fully saturated rings. The van der Waals surface area contributed by atoms with E-state index in [-0.39, 0.29) is 10.8 Å². The highest BCUT2D eigenvalue weighted by Crippen LogP contribution is 2.21. The van der Waals surface area contributed by atoms with E-state index in [1.54, 1.807) is 31.4 Å². The van der Waals surface area contributed by atoms with Crippen LogP contribution in [0.25, 0.3) is 0 Å². The normalized spacial score (nSPS) is 10.3. The molecule has 0 aliphatic rings. The third-order valence-electron chi connectivity index (χ3n) is 2.52. The highest BCUT2D eigenvalue weighted by molar-refractivity contribution is 6.32. The van der Waals surface area contributed by atoms with Gasteiger partial charge in [-0.2, -0.15) is 4.68 Å². The maximum Gasteiger partial charge on any atom is 0.408 e. The van der Waals surface area contributed by atoms with Crippen molar-refractivity contribution in [1.29, 1.82) is 0 Å². The van der Waals surface area contributed by atoms with Crippen LogP contribution in [0.1, 0.15) is 0 Å². The van der Waals surface area contributed by atoms with E-state index in [0.717, 1.165) is 5.75 Å². The van der Waals surface area contributed by atoms with Crippen LogP contribution in [-0.4, -0.2) is 28.4 Å². The van der Waals surface area contributed by atoms with E-state index in [4.69, 9.17) is 21.1 Å². The fourth-order valence-corrected chi connectivity index (χ4v) is 1.77.